The summed E-state index contributed by atoms with van der Waals surface area (Å²) in [4.78, 5) is 12.1. The van der Waals surface area contributed by atoms with Crippen LogP contribution in [-0.2, 0) is 28.9 Å². The first-order valence-electron chi connectivity index (χ1n) is 7.37. The topological polar surface area (TPSA) is 53.4 Å². The Morgan fingerprint density at radius 1 is 1.15 bits per heavy atom. The highest BCUT2D eigenvalue weighted by Gasteiger charge is 2.20. The molecule has 0 radical (unpaired) electrons. The summed E-state index contributed by atoms with van der Waals surface area (Å²) < 4.78 is 12.3. The first-order chi connectivity index (χ1) is 9.69. The van der Waals surface area contributed by atoms with Crippen LogP contribution in [0.25, 0.3) is 0 Å². The quantitative estimate of drug-likeness (QED) is 0.488. The van der Waals surface area contributed by atoms with E-state index in [1.165, 1.54) is 0 Å². The first kappa shape index (κ1) is 16.9. The fraction of sp³-hybridized carbons (Fsp3) is 0.733. The summed E-state index contributed by atoms with van der Waals surface area (Å²) >= 11 is 0. The van der Waals surface area contributed by atoms with Crippen molar-refractivity contribution in [1.82, 2.24) is 9.78 Å². The summed E-state index contributed by atoms with van der Waals surface area (Å²) in [7, 11) is 1.65. The van der Waals surface area contributed by atoms with Crippen molar-refractivity contribution in [3.63, 3.8) is 0 Å². The van der Waals surface area contributed by atoms with Gasteiger partial charge in [0, 0.05) is 19.2 Å². The lowest BCUT2D eigenvalue weighted by Crippen LogP contribution is -2.13. The van der Waals surface area contributed by atoms with Crippen LogP contribution >= 0.6 is 0 Å². The maximum atomic E-state index is 12.1. The fourth-order valence-electron chi connectivity index (χ4n) is 2.24. The molecule has 1 aromatic rings. The monoisotopic (exact) mass is 282 g/mol. The van der Waals surface area contributed by atoms with Gasteiger partial charge in [-0.1, -0.05) is 20.8 Å². The third kappa shape index (κ3) is 4.15. The van der Waals surface area contributed by atoms with Crippen LogP contribution in [0, 0.1) is 0 Å². The highest BCUT2D eigenvalue weighted by atomic mass is 16.5. The van der Waals surface area contributed by atoms with Crippen LogP contribution in [0.2, 0.25) is 0 Å². The van der Waals surface area contributed by atoms with Crippen LogP contribution in [0.15, 0.2) is 0 Å². The molecule has 0 fully saturated rings. The Bertz CT molecular complexity index is 427. The molecule has 0 aromatic carbocycles. The van der Waals surface area contributed by atoms with Gasteiger partial charge in [-0.05, 0) is 12.8 Å². The number of carbonyl (C=O) groups is 1. The van der Waals surface area contributed by atoms with Crippen LogP contribution in [0.1, 0.15) is 48.9 Å². The number of rotatable bonds is 10. The van der Waals surface area contributed by atoms with Crippen molar-refractivity contribution >= 4 is 5.78 Å². The molecule has 0 aliphatic heterocycles. The molecular weight excluding hydrogens is 256 g/mol. The minimum atomic E-state index is 0.185. The molecule has 1 aromatic heterocycles. The molecule has 1 rings (SSSR count). The third-order valence-corrected chi connectivity index (χ3v) is 3.28. The number of ether oxygens (including phenoxy) is 2. The van der Waals surface area contributed by atoms with E-state index >= 15 is 0 Å². The van der Waals surface area contributed by atoms with Gasteiger partial charge in [-0.15, -0.1) is 0 Å². The zero-order valence-corrected chi connectivity index (χ0v) is 13.1. The number of nitrogens with zero attached hydrogens (tertiary/aromatic N) is 2. The van der Waals surface area contributed by atoms with Crippen LogP contribution in [0.3, 0.4) is 0 Å². The van der Waals surface area contributed by atoms with Crippen molar-refractivity contribution in [3.8, 4) is 0 Å². The molecule has 0 saturated heterocycles. The summed E-state index contributed by atoms with van der Waals surface area (Å²) in [6.45, 7) is 8.43. The van der Waals surface area contributed by atoms with Crippen LogP contribution < -0.4 is 0 Å². The molecule has 0 unspecified atom stereocenters. The molecule has 0 spiro atoms. The number of carbonyl (C=O) groups excluding carboxylic acids is 1. The smallest absolute Gasteiger partial charge is 0.166 e. The van der Waals surface area contributed by atoms with Crippen molar-refractivity contribution in [2.75, 3.05) is 26.9 Å². The Kier molecular flexibility index (Phi) is 7.47. The van der Waals surface area contributed by atoms with Crippen molar-refractivity contribution in [3.05, 3.63) is 17.0 Å². The van der Waals surface area contributed by atoms with E-state index < -0.39 is 0 Å². The molecule has 0 aliphatic rings. The Hall–Kier alpha value is -1.20. The normalized spacial score (nSPS) is 11.0. The minimum absolute atomic E-state index is 0.185. The number of hydrogen-bond acceptors (Lipinski definition) is 4. The molecule has 5 nitrogen and oxygen atoms in total. The molecule has 0 amide bonds. The Balaban J connectivity index is 2.80. The van der Waals surface area contributed by atoms with E-state index in [9.17, 15) is 4.79 Å². The largest absolute Gasteiger partial charge is 0.382 e. The molecule has 0 bridgehead atoms. The van der Waals surface area contributed by atoms with Gasteiger partial charge < -0.3 is 9.47 Å². The van der Waals surface area contributed by atoms with Gasteiger partial charge >= 0.3 is 0 Å². The van der Waals surface area contributed by atoms with Crippen molar-refractivity contribution < 1.29 is 14.3 Å². The summed E-state index contributed by atoms with van der Waals surface area (Å²) in [5, 5.41) is 4.57. The van der Waals surface area contributed by atoms with Gasteiger partial charge in [-0.25, -0.2) is 0 Å². The molecule has 0 aliphatic carbocycles. The number of aryl methyl sites for hydroxylation is 1. The lowest BCUT2D eigenvalue weighted by Gasteiger charge is -2.08. The van der Waals surface area contributed by atoms with E-state index in [-0.39, 0.29) is 5.78 Å². The van der Waals surface area contributed by atoms with Gasteiger partial charge in [0.2, 0.25) is 0 Å². The Morgan fingerprint density at radius 3 is 2.45 bits per heavy atom. The predicted octanol–water partition coefficient (Wildman–Crippen LogP) is 2.26. The Morgan fingerprint density at radius 2 is 1.90 bits per heavy atom. The van der Waals surface area contributed by atoms with Gasteiger partial charge in [0.15, 0.2) is 5.78 Å². The molecule has 20 heavy (non-hydrogen) atoms. The average molecular weight is 282 g/mol. The summed E-state index contributed by atoms with van der Waals surface area (Å²) in [5.41, 5.74) is 2.77. The highest BCUT2D eigenvalue weighted by Crippen LogP contribution is 2.18. The van der Waals surface area contributed by atoms with Gasteiger partial charge in [-0.2, -0.15) is 5.10 Å². The molecular formula is C15H26N2O3. The van der Waals surface area contributed by atoms with E-state index in [0.717, 1.165) is 29.8 Å². The number of hydrogen-bond donors (Lipinski definition) is 0. The summed E-state index contributed by atoms with van der Waals surface area (Å²) in [6, 6.07) is 0. The standard InChI is InChI=1S/C15H26N2O3/c1-5-12-15(14(18)7-3)13(6-2)17(16-12)8-9-20-11-10-19-4/h5-11H2,1-4H3. The number of methoxy groups -OCH3 is 1. The maximum absolute atomic E-state index is 12.1. The molecule has 0 N–H and O–H groups in total. The van der Waals surface area contributed by atoms with Gasteiger partial charge in [0.05, 0.1) is 37.6 Å². The second-order valence-electron chi connectivity index (χ2n) is 4.58. The second kappa shape index (κ2) is 8.87. The van der Waals surface area contributed by atoms with E-state index in [1.54, 1.807) is 7.11 Å². The highest BCUT2D eigenvalue weighted by molar-refractivity contribution is 5.98. The maximum Gasteiger partial charge on any atom is 0.166 e. The lowest BCUT2D eigenvalue weighted by molar-refractivity contribution is 0.0650. The SMILES string of the molecule is CCC(=O)c1c(CC)nn(CCOCCOC)c1CC. The van der Waals surface area contributed by atoms with Crippen molar-refractivity contribution in [2.24, 2.45) is 0 Å². The Labute approximate surface area is 121 Å². The van der Waals surface area contributed by atoms with E-state index in [0.29, 0.717) is 32.8 Å². The first-order valence-corrected chi connectivity index (χ1v) is 7.37. The summed E-state index contributed by atoms with van der Waals surface area (Å²) in [6.07, 6.45) is 2.12. The third-order valence-electron chi connectivity index (χ3n) is 3.28. The molecule has 0 atom stereocenters. The van der Waals surface area contributed by atoms with Gasteiger partial charge in [-0.3, -0.25) is 9.48 Å². The van der Waals surface area contributed by atoms with Crippen LogP contribution in [-0.4, -0.2) is 42.5 Å². The van der Waals surface area contributed by atoms with Gasteiger partial charge in [0.25, 0.3) is 0 Å². The van der Waals surface area contributed by atoms with E-state index in [4.69, 9.17) is 9.47 Å². The molecule has 0 saturated carbocycles. The fourth-order valence-corrected chi connectivity index (χ4v) is 2.24. The number of ketones is 1. The van der Waals surface area contributed by atoms with E-state index in [1.807, 2.05) is 18.5 Å². The second-order valence-corrected chi connectivity index (χ2v) is 4.58. The molecule has 1 heterocycles. The van der Waals surface area contributed by atoms with Crippen molar-refractivity contribution in [2.45, 2.75) is 46.6 Å². The molecule has 114 valence electrons. The van der Waals surface area contributed by atoms with Crippen LogP contribution in [0.4, 0.5) is 0 Å². The predicted molar refractivity (Wildman–Crippen MR) is 78.3 cm³/mol. The minimum Gasteiger partial charge on any atom is -0.382 e. The zero-order valence-electron chi connectivity index (χ0n) is 13.1. The van der Waals surface area contributed by atoms with E-state index in [2.05, 4.69) is 12.0 Å². The zero-order chi connectivity index (χ0) is 15.0. The lowest BCUT2D eigenvalue weighted by atomic mass is 10.0. The number of Topliss-reactive ketones (excluding diaryl/α,β-unsaturated/α-hetero) is 1. The summed E-state index contributed by atoms with van der Waals surface area (Å²) in [5.74, 6) is 0.185. The molecule has 5 heteroatoms. The number of aromatic nitrogens is 2. The van der Waals surface area contributed by atoms with Crippen molar-refractivity contribution in [1.29, 1.82) is 0 Å². The average Bonchev–Trinajstić information content (AvgIpc) is 2.83. The van der Waals surface area contributed by atoms with Crippen LogP contribution in [0.5, 0.6) is 0 Å². The van der Waals surface area contributed by atoms with Gasteiger partial charge in [0.1, 0.15) is 0 Å².